The van der Waals surface area contributed by atoms with E-state index in [1.165, 1.54) is 32.1 Å². The molecule has 0 bridgehead atoms. The lowest BCUT2D eigenvalue weighted by molar-refractivity contribution is -0.126. The Balaban J connectivity index is 2.11. The first-order valence-electron chi connectivity index (χ1n) is 8.08. The highest BCUT2D eigenvalue weighted by Crippen LogP contribution is 2.39. The minimum absolute atomic E-state index is 0.0248. The molecule has 0 aromatic heterocycles. The zero-order valence-corrected chi connectivity index (χ0v) is 12.7. The molecular formula is C16H30N2O. The highest BCUT2D eigenvalue weighted by atomic mass is 16.1. The van der Waals surface area contributed by atoms with Crippen molar-refractivity contribution in [2.45, 2.75) is 71.4 Å². The van der Waals surface area contributed by atoms with Crippen LogP contribution in [-0.2, 0) is 4.79 Å². The Kier molecular flexibility index (Phi) is 4.88. The predicted molar refractivity (Wildman–Crippen MR) is 78.6 cm³/mol. The maximum Gasteiger partial charge on any atom is 0.222 e. The summed E-state index contributed by atoms with van der Waals surface area (Å²) in [5.41, 5.74) is 5.69. The van der Waals surface area contributed by atoms with Crippen molar-refractivity contribution in [3.63, 3.8) is 0 Å². The molecule has 1 heterocycles. The summed E-state index contributed by atoms with van der Waals surface area (Å²) in [6.45, 7) is 6.72. The SMILES string of the molecule is CCC1CCCC(C2NC(C)CC(C)C2C(N)=O)C1. The lowest BCUT2D eigenvalue weighted by Gasteiger charge is -2.45. The van der Waals surface area contributed by atoms with E-state index in [1.807, 2.05) is 0 Å². The lowest BCUT2D eigenvalue weighted by atomic mass is 9.68. The summed E-state index contributed by atoms with van der Waals surface area (Å²) in [5.74, 6) is 1.83. The first-order chi connectivity index (χ1) is 9.02. The third-order valence-electron chi connectivity index (χ3n) is 5.44. The Labute approximate surface area is 117 Å². The van der Waals surface area contributed by atoms with Crippen molar-refractivity contribution in [3.05, 3.63) is 0 Å². The Morgan fingerprint density at radius 2 is 2.00 bits per heavy atom. The van der Waals surface area contributed by atoms with Gasteiger partial charge in [0.15, 0.2) is 0 Å². The number of hydrogen-bond donors (Lipinski definition) is 2. The van der Waals surface area contributed by atoms with Crippen LogP contribution >= 0.6 is 0 Å². The molecule has 1 saturated heterocycles. The van der Waals surface area contributed by atoms with E-state index in [9.17, 15) is 4.79 Å². The van der Waals surface area contributed by atoms with Gasteiger partial charge in [-0.3, -0.25) is 4.79 Å². The quantitative estimate of drug-likeness (QED) is 0.825. The Bertz CT molecular complexity index is 318. The average molecular weight is 266 g/mol. The molecule has 1 aliphatic heterocycles. The molecule has 0 aromatic rings. The van der Waals surface area contributed by atoms with Crippen LogP contribution in [0.5, 0.6) is 0 Å². The third kappa shape index (κ3) is 3.31. The zero-order chi connectivity index (χ0) is 14.0. The van der Waals surface area contributed by atoms with Gasteiger partial charge >= 0.3 is 0 Å². The Morgan fingerprint density at radius 3 is 2.63 bits per heavy atom. The number of rotatable bonds is 3. The highest BCUT2D eigenvalue weighted by molar-refractivity contribution is 5.78. The molecule has 2 fully saturated rings. The molecule has 2 rings (SSSR count). The molecule has 2 aliphatic rings. The molecule has 1 aliphatic carbocycles. The van der Waals surface area contributed by atoms with Crippen molar-refractivity contribution in [1.29, 1.82) is 0 Å². The summed E-state index contributed by atoms with van der Waals surface area (Å²) in [5, 5.41) is 3.69. The predicted octanol–water partition coefficient (Wildman–Crippen LogP) is 2.69. The van der Waals surface area contributed by atoms with Gasteiger partial charge < -0.3 is 11.1 Å². The molecule has 0 aromatic carbocycles. The van der Waals surface area contributed by atoms with Gasteiger partial charge in [0.2, 0.25) is 5.91 Å². The van der Waals surface area contributed by atoms with Crippen LogP contribution in [-0.4, -0.2) is 18.0 Å². The largest absolute Gasteiger partial charge is 0.369 e. The van der Waals surface area contributed by atoms with Crippen LogP contribution in [0.1, 0.15) is 59.3 Å². The van der Waals surface area contributed by atoms with E-state index < -0.39 is 0 Å². The van der Waals surface area contributed by atoms with E-state index >= 15 is 0 Å². The van der Waals surface area contributed by atoms with Crippen molar-refractivity contribution in [2.75, 3.05) is 0 Å². The normalized spacial score (nSPS) is 43.9. The van der Waals surface area contributed by atoms with Crippen molar-refractivity contribution in [1.82, 2.24) is 5.32 Å². The summed E-state index contributed by atoms with van der Waals surface area (Å²) in [6.07, 6.45) is 7.56. The number of hydrogen-bond acceptors (Lipinski definition) is 2. The second-order valence-corrected chi connectivity index (χ2v) is 6.94. The minimum Gasteiger partial charge on any atom is -0.369 e. The average Bonchev–Trinajstić information content (AvgIpc) is 2.37. The van der Waals surface area contributed by atoms with Gasteiger partial charge in [0, 0.05) is 12.1 Å². The third-order valence-corrected chi connectivity index (χ3v) is 5.44. The van der Waals surface area contributed by atoms with Gasteiger partial charge in [-0.15, -0.1) is 0 Å². The van der Waals surface area contributed by atoms with E-state index in [4.69, 9.17) is 5.73 Å². The fourth-order valence-corrected chi connectivity index (χ4v) is 4.47. The minimum atomic E-state index is -0.101. The number of carbonyl (C=O) groups is 1. The van der Waals surface area contributed by atoms with E-state index in [2.05, 4.69) is 26.1 Å². The van der Waals surface area contributed by atoms with Crippen LogP contribution in [0.3, 0.4) is 0 Å². The second kappa shape index (κ2) is 6.25. The maximum absolute atomic E-state index is 11.9. The molecule has 0 radical (unpaired) electrons. The number of piperidine rings is 1. The van der Waals surface area contributed by atoms with E-state index in [1.54, 1.807) is 0 Å². The fourth-order valence-electron chi connectivity index (χ4n) is 4.47. The van der Waals surface area contributed by atoms with Gasteiger partial charge in [-0.1, -0.05) is 33.1 Å². The highest BCUT2D eigenvalue weighted by Gasteiger charge is 2.42. The van der Waals surface area contributed by atoms with Crippen LogP contribution in [0.25, 0.3) is 0 Å². The van der Waals surface area contributed by atoms with Crippen molar-refractivity contribution in [2.24, 2.45) is 29.4 Å². The number of carbonyl (C=O) groups excluding carboxylic acids is 1. The number of nitrogens with one attached hydrogen (secondary N) is 1. The van der Waals surface area contributed by atoms with Crippen molar-refractivity contribution in [3.8, 4) is 0 Å². The number of primary amides is 1. The van der Waals surface area contributed by atoms with Gasteiger partial charge in [0.25, 0.3) is 0 Å². The standard InChI is InChI=1S/C16H30N2O/c1-4-12-6-5-7-13(9-12)15-14(16(17)19)10(2)8-11(3)18-15/h10-15,18H,4-9H2,1-3H3,(H2,17,19). The van der Waals surface area contributed by atoms with E-state index in [-0.39, 0.29) is 11.8 Å². The molecule has 6 atom stereocenters. The molecule has 3 heteroatoms. The molecule has 6 unspecified atom stereocenters. The first kappa shape index (κ1) is 14.8. The van der Waals surface area contributed by atoms with Crippen molar-refractivity contribution < 1.29 is 4.79 Å². The van der Waals surface area contributed by atoms with E-state index in [0.717, 1.165) is 12.3 Å². The molecule has 3 nitrogen and oxygen atoms in total. The summed E-state index contributed by atoms with van der Waals surface area (Å²) < 4.78 is 0. The van der Waals surface area contributed by atoms with Crippen LogP contribution in [0.2, 0.25) is 0 Å². The molecule has 0 spiro atoms. The number of nitrogens with two attached hydrogens (primary N) is 1. The summed E-state index contributed by atoms with van der Waals surface area (Å²) in [7, 11) is 0. The van der Waals surface area contributed by atoms with Crippen LogP contribution in [0.15, 0.2) is 0 Å². The smallest absolute Gasteiger partial charge is 0.222 e. The number of amides is 1. The Morgan fingerprint density at radius 1 is 1.26 bits per heavy atom. The molecule has 19 heavy (non-hydrogen) atoms. The fraction of sp³-hybridized carbons (Fsp3) is 0.938. The Hall–Kier alpha value is -0.570. The molecule has 1 saturated carbocycles. The van der Waals surface area contributed by atoms with Gasteiger partial charge in [0.1, 0.15) is 0 Å². The van der Waals surface area contributed by atoms with Crippen molar-refractivity contribution >= 4 is 5.91 Å². The molecular weight excluding hydrogens is 236 g/mol. The van der Waals surface area contributed by atoms with Gasteiger partial charge in [-0.25, -0.2) is 0 Å². The summed E-state index contributed by atoms with van der Waals surface area (Å²) in [6, 6.07) is 0.822. The summed E-state index contributed by atoms with van der Waals surface area (Å²) in [4.78, 5) is 11.9. The van der Waals surface area contributed by atoms with Crippen LogP contribution in [0, 0.1) is 23.7 Å². The van der Waals surface area contributed by atoms with E-state index in [0.29, 0.717) is 23.9 Å². The van der Waals surface area contributed by atoms with Gasteiger partial charge in [-0.05, 0) is 43.9 Å². The molecule has 110 valence electrons. The van der Waals surface area contributed by atoms with Gasteiger partial charge in [0.05, 0.1) is 5.92 Å². The molecule has 3 N–H and O–H groups in total. The van der Waals surface area contributed by atoms with Crippen LogP contribution < -0.4 is 11.1 Å². The second-order valence-electron chi connectivity index (χ2n) is 6.94. The first-order valence-corrected chi connectivity index (χ1v) is 8.08. The maximum atomic E-state index is 11.9. The molecule has 1 amide bonds. The van der Waals surface area contributed by atoms with Gasteiger partial charge in [-0.2, -0.15) is 0 Å². The van der Waals surface area contributed by atoms with Crippen LogP contribution in [0.4, 0.5) is 0 Å². The monoisotopic (exact) mass is 266 g/mol. The topological polar surface area (TPSA) is 55.1 Å². The summed E-state index contributed by atoms with van der Waals surface area (Å²) >= 11 is 0. The zero-order valence-electron chi connectivity index (χ0n) is 12.7. The lowest BCUT2D eigenvalue weighted by Crippen LogP contribution is -2.57.